The second-order valence-corrected chi connectivity index (χ2v) is 6.14. The fourth-order valence-corrected chi connectivity index (χ4v) is 2.70. The van der Waals surface area contributed by atoms with Crippen LogP contribution in [0.25, 0.3) is 0 Å². The number of carbonyl (C=O) groups excluding carboxylic acids is 1. The molecule has 1 heterocycles. The molecule has 3 N–H and O–H groups in total. The third-order valence-corrected chi connectivity index (χ3v) is 4.00. The number of nitrogens with zero attached hydrogens (tertiary/aromatic N) is 1. The molecule has 7 heteroatoms. The lowest BCUT2D eigenvalue weighted by Gasteiger charge is -2.13. The molecule has 0 radical (unpaired) electrons. The summed E-state index contributed by atoms with van der Waals surface area (Å²) in [5, 5.41) is 6.25. The number of nitrogens with one attached hydrogen (secondary N) is 3. The van der Waals surface area contributed by atoms with E-state index in [-0.39, 0.29) is 12.3 Å². The molecule has 1 amide bonds. The zero-order valence-corrected chi connectivity index (χ0v) is 14.1. The highest BCUT2D eigenvalue weighted by Crippen LogP contribution is 2.15. The van der Waals surface area contributed by atoms with Gasteiger partial charge in [-0.2, -0.15) is 0 Å². The normalized spacial score (nSPS) is 10.1. The molecule has 0 bridgehead atoms. The van der Waals surface area contributed by atoms with Gasteiger partial charge in [0.15, 0.2) is 5.11 Å². The minimum Gasteiger partial charge on any atom is -0.331 e. The summed E-state index contributed by atoms with van der Waals surface area (Å²) in [5.41, 5.74) is 8.14. The van der Waals surface area contributed by atoms with Crippen molar-refractivity contribution in [2.45, 2.75) is 26.7 Å². The molecule has 0 aliphatic heterocycles. The Hall–Kier alpha value is -1.99. The highest BCUT2D eigenvalue weighted by atomic mass is 32.1. The van der Waals surface area contributed by atoms with Gasteiger partial charge in [-0.05, 0) is 37.2 Å². The molecule has 0 saturated carbocycles. The van der Waals surface area contributed by atoms with Crippen LogP contribution in [0.5, 0.6) is 0 Å². The van der Waals surface area contributed by atoms with E-state index in [0.717, 1.165) is 28.4 Å². The maximum absolute atomic E-state index is 11.8. The zero-order chi connectivity index (χ0) is 15.9. The van der Waals surface area contributed by atoms with E-state index in [1.54, 1.807) is 0 Å². The lowest BCUT2D eigenvalue weighted by molar-refractivity contribution is -0.121. The van der Waals surface area contributed by atoms with E-state index in [4.69, 9.17) is 12.2 Å². The van der Waals surface area contributed by atoms with Crippen LogP contribution in [-0.4, -0.2) is 16.0 Å². The van der Waals surface area contributed by atoms with Gasteiger partial charge in [0.05, 0.1) is 17.1 Å². The third kappa shape index (κ3) is 4.78. The first kappa shape index (κ1) is 16.4. The number of para-hydroxylation sites is 1. The van der Waals surface area contributed by atoms with Crippen LogP contribution in [-0.2, 0) is 17.6 Å². The maximum Gasteiger partial charge on any atom is 0.244 e. The first-order valence-corrected chi connectivity index (χ1v) is 8.22. The van der Waals surface area contributed by atoms with Crippen molar-refractivity contribution in [3.63, 3.8) is 0 Å². The van der Waals surface area contributed by atoms with Gasteiger partial charge in [-0.3, -0.25) is 15.6 Å². The number of rotatable bonds is 4. The monoisotopic (exact) mass is 334 g/mol. The average Bonchev–Trinajstić information content (AvgIpc) is 2.91. The van der Waals surface area contributed by atoms with E-state index >= 15 is 0 Å². The number of hydrogen-bond acceptors (Lipinski definition) is 4. The van der Waals surface area contributed by atoms with Crippen LogP contribution in [0.1, 0.15) is 23.2 Å². The number of benzene rings is 1. The molecule has 2 rings (SSSR count). The number of thiocarbonyl (C=S) groups is 1. The maximum atomic E-state index is 11.8. The van der Waals surface area contributed by atoms with Gasteiger partial charge in [-0.25, -0.2) is 4.98 Å². The SMILES string of the molecule is CCc1ccccc1NC(=S)NNC(=O)Cc1csc(C)n1. The van der Waals surface area contributed by atoms with Crippen molar-refractivity contribution in [1.29, 1.82) is 0 Å². The largest absolute Gasteiger partial charge is 0.331 e. The predicted molar refractivity (Wildman–Crippen MR) is 93.9 cm³/mol. The zero-order valence-electron chi connectivity index (χ0n) is 12.5. The molecule has 0 spiro atoms. The highest BCUT2D eigenvalue weighted by molar-refractivity contribution is 7.80. The molecule has 5 nitrogen and oxygen atoms in total. The van der Waals surface area contributed by atoms with Gasteiger partial charge in [0, 0.05) is 11.1 Å². The van der Waals surface area contributed by atoms with E-state index < -0.39 is 0 Å². The molecule has 0 unspecified atom stereocenters. The molecule has 116 valence electrons. The summed E-state index contributed by atoms with van der Waals surface area (Å²) in [4.78, 5) is 16.1. The van der Waals surface area contributed by atoms with Crippen LogP contribution in [0.3, 0.4) is 0 Å². The number of amides is 1. The fraction of sp³-hybridized carbons (Fsp3) is 0.267. The minimum atomic E-state index is -0.182. The minimum absolute atomic E-state index is 0.182. The number of hydrogen-bond donors (Lipinski definition) is 3. The van der Waals surface area contributed by atoms with Gasteiger partial charge < -0.3 is 5.32 Å². The van der Waals surface area contributed by atoms with Gasteiger partial charge in [-0.15, -0.1) is 11.3 Å². The summed E-state index contributed by atoms with van der Waals surface area (Å²) < 4.78 is 0. The van der Waals surface area contributed by atoms with Crippen LogP contribution >= 0.6 is 23.6 Å². The first-order chi connectivity index (χ1) is 10.6. The number of carbonyl (C=O) groups is 1. The highest BCUT2D eigenvalue weighted by Gasteiger charge is 2.07. The van der Waals surface area contributed by atoms with Crippen LogP contribution in [0, 0.1) is 6.92 Å². The topological polar surface area (TPSA) is 66.0 Å². The molecular formula is C15H18N4OS2. The Bertz CT molecular complexity index is 669. The number of thiazole rings is 1. The van der Waals surface area contributed by atoms with Crippen LogP contribution in [0.2, 0.25) is 0 Å². The lowest BCUT2D eigenvalue weighted by Crippen LogP contribution is -2.44. The molecule has 1 aromatic heterocycles. The van der Waals surface area contributed by atoms with E-state index in [2.05, 4.69) is 28.1 Å². The first-order valence-electron chi connectivity index (χ1n) is 6.93. The van der Waals surface area contributed by atoms with Gasteiger partial charge in [-0.1, -0.05) is 25.1 Å². The Balaban J connectivity index is 1.81. The van der Waals surface area contributed by atoms with Crippen molar-refractivity contribution in [1.82, 2.24) is 15.8 Å². The molecule has 0 saturated heterocycles. The van der Waals surface area contributed by atoms with Crippen molar-refractivity contribution in [3.05, 3.63) is 45.9 Å². The number of anilines is 1. The standard InChI is InChI=1S/C15H18N4OS2/c1-3-11-6-4-5-7-13(11)17-15(21)19-18-14(20)8-12-9-22-10(2)16-12/h4-7,9H,3,8H2,1-2H3,(H,18,20)(H2,17,19,21). The van der Waals surface area contributed by atoms with Gasteiger partial charge in [0.25, 0.3) is 0 Å². The van der Waals surface area contributed by atoms with Gasteiger partial charge in [0.1, 0.15) is 0 Å². The summed E-state index contributed by atoms with van der Waals surface area (Å²) in [6, 6.07) is 7.91. The number of aromatic nitrogens is 1. The van der Waals surface area contributed by atoms with Crippen LogP contribution in [0.4, 0.5) is 5.69 Å². The predicted octanol–water partition coefficient (Wildman–Crippen LogP) is 2.57. The molecule has 22 heavy (non-hydrogen) atoms. The Morgan fingerprint density at radius 2 is 2.09 bits per heavy atom. The lowest BCUT2D eigenvalue weighted by atomic mass is 10.1. The molecule has 0 atom stereocenters. The van der Waals surface area contributed by atoms with Crippen molar-refractivity contribution < 1.29 is 4.79 Å². The fourth-order valence-electron chi connectivity index (χ4n) is 1.93. The summed E-state index contributed by atoms with van der Waals surface area (Å²) in [6.07, 6.45) is 1.13. The van der Waals surface area contributed by atoms with Crippen molar-refractivity contribution in [3.8, 4) is 0 Å². The molecule has 0 aliphatic carbocycles. The second kappa shape index (κ2) is 7.86. The quantitative estimate of drug-likeness (QED) is 0.592. The summed E-state index contributed by atoms with van der Waals surface area (Å²) >= 11 is 6.71. The summed E-state index contributed by atoms with van der Waals surface area (Å²) in [7, 11) is 0. The van der Waals surface area contributed by atoms with E-state index in [1.807, 2.05) is 36.6 Å². The Labute approximate surface area is 139 Å². The van der Waals surface area contributed by atoms with Gasteiger partial charge in [0.2, 0.25) is 5.91 Å². The number of aryl methyl sites for hydroxylation is 2. The van der Waals surface area contributed by atoms with Crippen LogP contribution < -0.4 is 16.2 Å². The van der Waals surface area contributed by atoms with E-state index in [9.17, 15) is 4.79 Å². The van der Waals surface area contributed by atoms with E-state index in [0.29, 0.717) is 5.11 Å². The molecule has 0 fully saturated rings. The van der Waals surface area contributed by atoms with Crippen molar-refractivity contribution in [2.75, 3.05) is 5.32 Å². The number of hydrazine groups is 1. The Kier molecular flexibility index (Phi) is 5.85. The Morgan fingerprint density at radius 3 is 2.77 bits per heavy atom. The van der Waals surface area contributed by atoms with Crippen LogP contribution in [0.15, 0.2) is 29.6 Å². The van der Waals surface area contributed by atoms with E-state index in [1.165, 1.54) is 11.3 Å². The average molecular weight is 334 g/mol. The molecule has 0 aliphatic rings. The molecule has 2 aromatic rings. The van der Waals surface area contributed by atoms with Crippen molar-refractivity contribution in [2.24, 2.45) is 0 Å². The summed E-state index contributed by atoms with van der Waals surface area (Å²) in [6.45, 7) is 3.99. The van der Waals surface area contributed by atoms with Crippen molar-refractivity contribution >= 4 is 40.3 Å². The smallest absolute Gasteiger partial charge is 0.244 e. The summed E-state index contributed by atoms with van der Waals surface area (Å²) in [5.74, 6) is -0.182. The third-order valence-electron chi connectivity index (χ3n) is 2.97. The van der Waals surface area contributed by atoms with Gasteiger partial charge >= 0.3 is 0 Å². The molecule has 1 aromatic carbocycles. The second-order valence-electron chi connectivity index (χ2n) is 4.67. The Morgan fingerprint density at radius 1 is 1.32 bits per heavy atom. The molecular weight excluding hydrogens is 316 g/mol.